The summed E-state index contributed by atoms with van der Waals surface area (Å²) in [5.41, 5.74) is 5.73. The van der Waals surface area contributed by atoms with Crippen LogP contribution < -0.4 is 5.73 Å². The maximum Gasteiger partial charge on any atom is 0.176 e. The maximum atomic E-state index is 5.73. The fourth-order valence-electron chi connectivity index (χ4n) is 1.40. The van der Waals surface area contributed by atoms with Crippen molar-refractivity contribution in [2.24, 2.45) is 5.73 Å². The minimum Gasteiger partial charge on any atom is -0.461 e. The fraction of sp³-hybridized carbons (Fsp3) is 0.300. The second-order valence-corrected chi connectivity index (χ2v) is 3.36. The quantitative estimate of drug-likeness (QED) is 0.799. The molecule has 2 aromatic rings. The van der Waals surface area contributed by atoms with E-state index < -0.39 is 0 Å². The third-order valence-electron chi connectivity index (χ3n) is 1.94. The molecule has 2 rings (SSSR count). The van der Waals surface area contributed by atoms with E-state index in [0.717, 1.165) is 18.1 Å². The molecule has 4 nitrogen and oxygen atoms in total. The van der Waals surface area contributed by atoms with Crippen LogP contribution in [-0.2, 0) is 6.54 Å². The molecule has 0 fully saturated rings. The van der Waals surface area contributed by atoms with Crippen LogP contribution in [0.5, 0.6) is 0 Å². The Kier molecular flexibility index (Phi) is 2.37. The Morgan fingerprint density at radius 2 is 2.50 bits per heavy atom. The molecular formula is C10H13N3O. The highest BCUT2D eigenvalue weighted by molar-refractivity contribution is 5.46. The van der Waals surface area contributed by atoms with Gasteiger partial charge in [-0.1, -0.05) is 0 Å². The van der Waals surface area contributed by atoms with Crippen molar-refractivity contribution in [2.75, 3.05) is 0 Å². The van der Waals surface area contributed by atoms with Crippen molar-refractivity contribution < 1.29 is 4.42 Å². The van der Waals surface area contributed by atoms with Crippen molar-refractivity contribution in [3.05, 3.63) is 30.8 Å². The average molecular weight is 191 g/mol. The molecule has 0 aliphatic carbocycles. The largest absolute Gasteiger partial charge is 0.461 e. The molecule has 0 unspecified atom stereocenters. The van der Waals surface area contributed by atoms with E-state index in [9.17, 15) is 0 Å². The van der Waals surface area contributed by atoms with Crippen LogP contribution in [0.4, 0.5) is 0 Å². The smallest absolute Gasteiger partial charge is 0.176 e. The minimum absolute atomic E-state index is 0.109. The average Bonchev–Trinajstić information content (AvgIpc) is 2.70. The Labute approximate surface area is 82.4 Å². The van der Waals surface area contributed by atoms with E-state index in [1.54, 1.807) is 12.5 Å². The summed E-state index contributed by atoms with van der Waals surface area (Å²) >= 11 is 0. The Morgan fingerprint density at radius 1 is 1.64 bits per heavy atom. The number of aromatic nitrogens is 2. The highest BCUT2D eigenvalue weighted by Crippen LogP contribution is 2.17. The lowest BCUT2D eigenvalue weighted by atomic mass is 10.3. The van der Waals surface area contributed by atoms with E-state index in [4.69, 9.17) is 10.2 Å². The van der Waals surface area contributed by atoms with E-state index in [2.05, 4.69) is 4.98 Å². The van der Waals surface area contributed by atoms with Gasteiger partial charge >= 0.3 is 0 Å². The molecule has 0 aromatic carbocycles. The summed E-state index contributed by atoms with van der Waals surface area (Å²) in [5.74, 6) is 1.60. The van der Waals surface area contributed by atoms with Crippen LogP contribution in [0.3, 0.4) is 0 Å². The summed E-state index contributed by atoms with van der Waals surface area (Å²) in [6.45, 7) is 2.71. The molecule has 0 saturated carbocycles. The van der Waals surface area contributed by atoms with Gasteiger partial charge in [-0.2, -0.15) is 0 Å². The van der Waals surface area contributed by atoms with Gasteiger partial charge in [-0.25, -0.2) is 4.98 Å². The van der Waals surface area contributed by atoms with Crippen LogP contribution in [0.1, 0.15) is 6.92 Å². The number of nitrogens with two attached hydrogens (primary N) is 1. The van der Waals surface area contributed by atoms with Gasteiger partial charge in [0.2, 0.25) is 0 Å². The molecular weight excluding hydrogens is 178 g/mol. The Balaban J connectivity index is 2.30. The van der Waals surface area contributed by atoms with E-state index in [0.29, 0.717) is 0 Å². The van der Waals surface area contributed by atoms with Crippen molar-refractivity contribution in [2.45, 2.75) is 19.5 Å². The van der Waals surface area contributed by atoms with Gasteiger partial charge in [0.15, 0.2) is 11.6 Å². The lowest BCUT2D eigenvalue weighted by molar-refractivity contribution is 0.553. The topological polar surface area (TPSA) is 57.0 Å². The Hall–Kier alpha value is -1.55. The molecule has 0 bridgehead atoms. The van der Waals surface area contributed by atoms with E-state index in [-0.39, 0.29) is 6.04 Å². The first-order valence-corrected chi connectivity index (χ1v) is 4.58. The van der Waals surface area contributed by atoms with Crippen LogP contribution in [0.2, 0.25) is 0 Å². The normalized spacial score (nSPS) is 13.0. The lowest BCUT2D eigenvalue weighted by Gasteiger charge is -2.08. The van der Waals surface area contributed by atoms with Gasteiger partial charge in [-0.3, -0.25) is 0 Å². The van der Waals surface area contributed by atoms with E-state index >= 15 is 0 Å². The van der Waals surface area contributed by atoms with Gasteiger partial charge < -0.3 is 14.7 Å². The summed E-state index contributed by atoms with van der Waals surface area (Å²) in [5, 5.41) is 0. The molecule has 0 radical (unpaired) electrons. The van der Waals surface area contributed by atoms with Crippen molar-refractivity contribution >= 4 is 0 Å². The molecule has 74 valence electrons. The third-order valence-corrected chi connectivity index (χ3v) is 1.94. The number of imidazole rings is 1. The van der Waals surface area contributed by atoms with Gasteiger partial charge in [-0.15, -0.1) is 0 Å². The lowest BCUT2D eigenvalue weighted by Crippen LogP contribution is -2.22. The van der Waals surface area contributed by atoms with Crippen molar-refractivity contribution in [3.8, 4) is 11.6 Å². The maximum absolute atomic E-state index is 5.73. The number of hydrogen-bond donors (Lipinski definition) is 1. The monoisotopic (exact) mass is 191 g/mol. The Bertz CT molecular complexity index is 389. The van der Waals surface area contributed by atoms with Crippen LogP contribution >= 0.6 is 0 Å². The summed E-state index contributed by atoms with van der Waals surface area (Å²) in [7, 11) is 0. The molecule has 2 heterocycles. The fourth-order valence-corrected chi connectivity index (χ4v) is 1.40. The summed E-state index contributed by atoms with van der Waals surface area (Å²) < 4.78 is 7.27. The van der Waals surface area contributed by atoms with E-state index in [1.807, 2.05) is 29.8 Å². The van der Waals surface area contributed by atoms with E-state index in [1.165, 1.54) is 0 Å². The molecule has 0 amide bonds. The second-order valence-electron chi connectivity index (χ2n) is 3.36. The van der Waals surface area contributed by atoms with Gasteiger partial charge in [0.05, 0.1) is 6.26 Å². The minimum atomic E-state index is 0.109. The molecule has 0 spiro atoms. The highest BCUT2D eigenvalue weighted by Gasteiger charge is 2.08. The van der Waals surface area contributed by atoms with Crippen LogP contribution in [-0.4, -0.2) is 15.6 Å². The first-order chi connectivity index (χ1) is 6.77. The molecule has 2 aromatic heterocycles. The zero-order valence-corrected chi connectivity index (χ0v) is 8.05. The number of rotatable bonds is 3. The van der Waals surface area contributed by atoms with Crippen molar-refractivity contribution in [1.29, 1.82) is 0 Å². The number of nitrogens with zero attached hydrogens (tertiary/aromatic N) is 2. The molecule has 14 heavy (non-hydrogen) atoms. The summed E-state index contributed by atoms with van der Waals surface area (Å²) in [6, 6.07) is 3.85. The highest BCUT2D eigenvalue weighted by atomic mass is 16.3. The molecule has 0 saturated heterocycles. The molecule has 0 aliphatic rings. The van der Waals surface area contributed by atoms with Gasteiger partial charge in [-0.05, 0) is 19.1 Å². The molecule has 1 atom stereocenters. The number of hydrogen-bond acceptors (Lipinski definition) is 3. The summed E-state index contributed by atoms with van der Waals surface area (Å²) in [4.78, 5) is 4.23. The van der Waals surface area contributed by atoms with Crippen molar-refractivity contribution in [1.82, 2.24) is 9.55 Å². The molecule has 0 aliphatic heterocycles. The van der Waals surface area contributed by atoms with Crippen LogP contribution in [0, 0.1) is 0 Å². The molecule has 4 heteroatoms. The standard InChI is InChI=1S/C10H13N3O/c1-8(11)7-13-5-4-12-10(13)9-3-2-6-14-9/h2-6,8H,7,11H2,1H3/t8-/m0/s1. The second kappa shape index (κ2) is 3.67. The Morgan fingerprint density at radius 3 is 3.14 bits per heavy atom. The van der Waals surface area contributed by atoms with Crippen LogP contribution in [0.25, 0.3) is 11.6 Å². The van der Waals surface area contributed by atoms with Gasteiger partial charge in [0.1, 0.15) is 0 Å². The molecule has 2 N–H and O–H groups in total. The van der Waals surface area contributed by atoms with Gasteiger partial charge in [0, 0.05) is 25.0 Å². The van der Waals surface area contributed by atoms with Crippen molar-refractivity contribution in [3.63, 3.8) is 0 Å². The first kappa shape index (κ1) is 9.02. The van der Waals surface area contributed by atoms with Gasteiger partial charge in [0.25, 0.3) is 0 Å². The SMILES string of the molecule is C[C@H](N)Cn1ccnc1-c1ccco1. The first-order valence-electron chi connectivity index (χ1n) is 4.58. The predicted octanol–water partition coefficient (Wildman–Crippen LogP) is 1.49. The predicted molar refractivity (Wildman–Crippen MR) is 53.6 cm³/mol. The zero-order chi connectivity index (χ0) is 9.97. The number of furan rings is 1. The summed E-state index contributed by atoms with van der Waals surface area (Å²) in [6.07, 6.45) is 5.29. The van der Waals surface area contributed by atoms with Crippen LogP contribution in [0.15, 0.2) is 35.2 Å². The third kappa shape index (κ3) is 1.70. The zero-order valence-electron chi connectivity index (χ0n) is 8.05.